The second kappa shape index (κ2) is 4.86. The number of nitrogens with one attached hydrogen (secondary N) is 1. The number of rotatable bonds is 2. The number of nitrogens with two attached hydrogens (primary N) is 1. The highest BCUT2D eigenvalue weighted by molar-refractivity contribution is 6.00. The molecule has 0 radical (unpaired) electrons. The van der Waals surface area contributed by atoms with Gasteiger partial charge in [0.2, 0.25) is 0 Å². The van der Waals surface area contributed by atoms with Gasteiger partial charge in [-0.15, -0.1) is 0 Å². The maximum absolute atomic E-state index is 6.13. The molecule has 1 saturated heterocycles. The molecule has 1 aliphatic rings. The molecule has 3 heterocycles. The second-order valence-corrected chi connectivity index (χ2v) is 5.42. The summed E-state index contributed by atoms with van der Waals surface area (Å²) in [6, 6.07) is 10.7. The lowest BCUT2D eigenvalue weighted by Crippen LogP contribution is -2.13. The first kappa shape index (κ1) is 12.3. The lowest BCUT2D eigenvalue weighted by molar-refractivity contribution is 0.562. The van der Waals surface area contributed by atoms with Crippen LogP contribution >= 0.6 is 0 Å². The van der Waals surface area contributed by atoms with Crippen LogP contribution in [-0.4, -0.2) is 27.6 Å². The third-order valence-corrected chi connectivity index (χ3v) is 4.15. The minimum absolute atomic E-state index is 0.430. The summed E-state index contributed by atoms with van der Waals surface area (Å²) in [6.45, 7) is 2.02. The smallest absolute Gasteiger partial charge is 0.146 e. The fourth-order valence-electron chi connectivity index (χ4n) is 3.10. The summed E-state index contributed by atoms with van der Waals surface area (Å²) in [6.07, 6.45) is 4.83. The largest absolute Gasteiger partial charge is 0.383 e. The molecule has 0 spiro atoms. The Morgan fingerprint density at radius 3 is 2.81 bits per heavy atom. The van der Waals surface area contributed by atoms with Gasteiger partial charge in [0, 0.05) is 24.3 Å². The molecule has 0 saturated carbocycles. The first-order valence-electron chi connectivity index (χ1n) is 7.22. The minimum Gasteiger partial charge on any atom is -0.383 e. The maximum Gasteiger partial charge on any atom is 0.146 e. The van der Waals surface area contributed by atoms with Gasteiger partial charge >= 0.3 is 0 Å². The van der Waals surface area contributed by atoms with Crippen molar-refractivity contribution in [2.24, 2.45) is 0 Å². The van der Waals surface area contributed by atoms with Crippen LogP contribution in [0.1, 0.15) is 12.5 Å². The lowest BCUT2D eigenvalue weighted by Gasteiger charge is -2.11. The van der Waals surface area contributed by atoms with E-state index in [1.54, 1.807) is 6.33 Å². The topological polar surface area (TPSA) is 68.8 Å². The minimum atomic E-state index is 0.430. The monoisotopic (exact) mass is 279 g/mol. The molecule has 3 N–H and O–H groups in total. The Hall–Kier alpha value is -2.40. The molecule has 1 aromatic carbocycles. The summed E-state index contributed by atoms with van der Waals surface area (Å²) in [5.74, 6) is 0.545. The fourth-order valence-corrected chi connectivity index (χ4v) is 3.10. The van der Waals surface area contributed by atoms with E-state index < -0.39 is 0 Å². The van der Waals surface area contributed by atoms with E-state index in [0.29, 0.717) is 11.9 Å². The van der Waals surface area contributed by atoms with Crippen LogP contribution in [-0.2, 0) is 0 Å². The van der Waals surface area contributed by atoms with Gasteiger partial charge in [-0.3, -0.25) is 0 Å². The van der Waals surface area contributed by atoms with Crippen LogP contribution in [0, 0.1) is 0 Å². The predicted molar refractivity (Wildman–Crippen MR) is 83.9 cm³/mol. The van der Waals surface area contributed by atoms with E-state index in [0.717, 1.165) is 41.7 Å². The van der Waals surface area contributed by atoms with Crippen molar-refractivity contribution in [1.29, 1.82) is 0 Å². The molecular weight excluding hydrogens is 262 g/mol. The van der Waals surface area contributed by atoms with E-state index in [4.69, 9.17) is 5.73 Å². The molecule has 5 nitrogen and oxygen atoms in total. The molecule has 3 aromatic rings. The van der Waals surface area contributed by atoms with Gasteiger partial charge < -0.3 is 15.6 Å². The molecule has 106 valence electrons. The van der Waals surface area contributed by atoms with Crippen molar-refractivity contribution in [1.82, 2.24) is 19.9 Å². The average molecular weight is 279 g/mol. The highest BCUT2D eigenvalue weighted by Gasteiger charge is 2.22. The third kappa shape index (κ3) is 1.97. The van der Waals surface area contributed by atoms with E-state index in [2.05, 4.69) is 38.2 Å². The molecule has 21 heavy (non-hydrogen) atoms. The van der Waals surface area contributed by atoms with Crippen molar-refractivity contribution < 1.29 is 0 Å². The molecule has 0 bridgehead atoms. The van der Waals surface area contributed by atoms with Gasteiger partial charge in [-0.2, -0.15) is 0 Å². The fraction of sp³-hybridized carbons (Fsp3) is 0.250. The van der Waals surface area contributed by atoms with Crippen molar-refractivity contribution in [2.45, 2.75) is 12.5 Å². The molecule has 4 rings (SSSR count). The van der Waals surface area contributed by atoms with Crippen LogP contribution < -0.4 is 11.1 Å². The molecule has 1 aliphatic heterocycles. The van der Waals surface area contributed by atoms with Gasteiger partial charge in [0.05, 0.1) is 5.39 Å². The summed E-state index contributed by atoms with van der Waals surface area (Å²) in [5.41, 5.74) is 9.31. The lowest BCUT2D eigenvalue weighted by atomic mass is 10.1. The highest BCUT2D eigenvalue weighted by atomic mass is 15.1. The molecule has 5 heteroatoms. The zero-order chi connectivity index (χ0) is 14.2. The molecule has 0 unspecified atom stereocenters. The van der Waals surface area contributed by atoms with Crippen LogP contribution in [0.4, 0.5) is 5.82 Å². The van der Waals surface area contributed by atoms with Crippen LogP contribution in [0.15, 0.2) is 42.9 Å². The van der Waals surface area contributed by atoms with Crippen LogP contribution in [0.5, 0.6) is 0 Å². The van der Waals surface area contributed by atoms with E-state index in [1.807, 2.05) is 18.2 Å². The molecule has 2 aromatic heterocycles. The summed E-state index contributed by atoms with van der Waals surface area (Å²) in [7, 11) is 0. The van der Waals surface area contributed by atoms with Gasteiger partial charge in [-0.25, -0.2) is 9.97 Å². The average Bonchev–Trinajstić information content (AvgIpc) is 3.16. The zero-order valence-electron chi connectivity index (χ0n) is 11.7. The first-order chi connectivity index (χ1) is 10.3. The van der Waals surface area contributed by atoms with E-state index in [1.165, 1.54) is 0 Å². The number of hydrogen-bond donors (Lipinski definition) is 2. The molecule has 0 aliphatic carbocycles. The number of nitrogen functional groups attached to an aromatic ring is 1. The van der Waals surface area contributed by atoms with Gasteiger partial charge in [-0.1, -0.05) is 30.3 Å². The predicted octanol–water partition coefficient (Wildman–Crippen LogP) is 2.21. The molecule has 1 atom stereocenters. The second-order valence-electron chi connectivity index (χ2n) is 5.42. The number of hydrogen-bond acceptors (Lipinski definition) is 4. The van der Waals surface area contributed by atoms with Gasteiger partial charge in [0.15, 0.2) is 0 Å². The van der Waals surface area contributed by atoms with E-state index in [-0.39, 0.29) is 0 Å². The van der Waals surface area contributed by atoms with Crippen LogP contribution in [0.3, 0.4) is 0 Å². The summed E-state index contributed by atoms with van der Waals surface area (Å²) < 4.78 is 2.25. The number of nitrogens with zero attached hydrogens (tertiary/aromatic N) is 3. The maximum atomic E-state index is 6.13. The van der Waals surface area contributed by atoms with Crippen molar-refractivity contribution >= 4 is 16.9 Å². The zero-order valence-corrected chi connectivity index (χ0v) is 11.7. The van der Waals surface area contributed by atoms with E-state index >= 15 is 0 Å². The van der Waals surface area contributed by atoms with Gasteiger partial charge in [-0.05, 0) is 18.5 Å². The quantitative estimate of drug-likeness (QED) is 0.754. The Morgan fingerprint density at radius 2 is 2.05 bits per heavy atom. The number of benzene rings is 1. The molecular formula is C16H17N5. The Kier molecular flexibility index (Phi) is 2.86. The summed E-state index contributed by atoms with van der Waals surface area (Å²) >= 11 is 0. The number of anilines is 1. The van der Waals surface area contributed by atoms with E-state index in [9.17, 15) is 0 Å². The van der Waals surface area contributed by atoms with Crippen LogP contribution in [0.25, 0.3) is 22.2 Å². The normalized spacial score (nSPS) is 18.4. The van der Waals surface area contributed by atoms with Crippen molar-refractivity contribution in [3.8, 4) is 11.1 Å². The van der Waals surface area contributed by atoms with Gasteiger partial charge in [0.25, 0.3) is 0 Å². The third-order valence-electron chi connectivity index (χ3n) is 4.15. The van der Waals surface area contributed by atoms with Crippen molar-refractivity contribution in [3.63, 3.8) is 0 Å². The van der Waals surface area contributed by atoms with Gasteiger partial charge in [0.1, 0.15) is 17.8 Å². The Balaban J connectivity index is 1.98. The highest BCUT2D eigenvalue weighted by Crippen LogP contribution is 2.34. The first-order valence-corrected chi connectivity index (χ1v) is 7.22. The SMILES string of the molecule is Nc1ncnc2c1c(-c1ccccc1)cn2[C@@H]1CCNC1. The van der Waals surface area contributed by atoms with Crippen LogP contribution in [0.2, 0.25) is 0 Å². The summed E-state index contributed by atoms with van der Waals surface area (Å²) in [5, 5.41) is 4.36. The number of fused-ring (bicyclic) bond motifs is 1. The Morgan fingerprint density at radius 1 is 1.19 bits per heavy atom. The summed E-state index contributed by atoms with van der Waals surface area (Å²) in [4.78, 5) is 8.65. The standard InChI is InChI=1S/C16H17N5/c17-15-14-13(11-4-2-1-3-5-11)9-21(12-6-7-18-8-12)16(14)20-10-19-15/h1-5,9-10,12,18H,6-8H2,(H2,17,19,20)/t12-/m1/s1. The molecule has 0 amide bonds. The number of aromatic nitrogens is 3. The Labute approximate surface area is 122 Å². The Bertz CT molecular complexity index is 772. The molecule has 1 fully saturated rings. The van der Waals surface area contributed by atoms with Crippen molar-refractivity contribution in [2.75, 3.05) is 18.8 Å². The van der Waals surface area contributed by atoms with Crippen molar-refractivity contribution in [3.05, 3.63) is 42.9 Å².